The molecule has 1 N–H and O–H groups in total. The van der Waals surface area contributed by atoms with Crippen LogP contribution in [0.1, 0.15) is 34.1 Å². The molecule has 0 aromatic heterocycles. The van der Waals surface area contributed by atoms with Gasteiger partial charge in [0.05, 0.1) is 12.3 Å². The lowest BCUT2D eigenvalue weighted by Gasteiger charge is -2.23. The van der Waals surface area contributed by atoms with Crippen LogP contribution >= 0.6 is 11.6 Å². The molecule has 0 saturated heterocycles. The number of hydrogen-bond acceptors (Lipinski definition) is 2. The fraction of sp³-hybridized carbons (Fsp3) is 0.571. The fourth-order valence-corrected chi connectivity index (χ4v) is 2.01. The van der Waals surface area contributed by atoms with Crippen LogP contribution in [0.3, 0.4) is 0 Å². The number of nitrogens with one attached hydrogen (secondary N) is 1. The van der Waals surface area contributed by atoms with Gasteiger partial charge in [-0.3, -0.25) is 0 Å². The number of hydrogen-bond donors (Lipinski definition) is 1. The van der Waals surface area contributed by atoms with Crippen LogP contribution < -0.4 is 10.1 Å². The van der Waals surface area contributed by atoms with Crippen molar-refractivity contribution in [3.8, 4) is 5.75 Å². The maximum Gasteiger partial charge on any atom is 0.142 e. The predicted octanol–water partition coefficient (Wildman–Crippen LogP) is 4.59. The van der Waals surface area contributed by atoms with Gasteiger partial charge >= 0.3 is 0 Å². The summed E-state index contributed by atoms with van der Waals surface area (Å²) in [5, 5.41) is 4.24. The van der Waals surface area contributed by atoms with Gasteiger partial charge < -0.3 is 10.1 Å². The molecule has 0 spiro atoms. The van der Waals surface area contributed by atoms with E-state index in [1.54, 1.807) is 0 Å². The average Bonchev–Trinajstić information content (AvgIpc) is 2.29. The van der Waals surface area contributed by atoms with Crippen molar-refractivity contribution in [1.82, 2.24) is 0 Å². The minimum absolute atomic E-state index is 0.438. The van der Waals surface area contributed by atoms with Crippen LogP contribution in [0.5, 0.6) is 5.75 Å². The maximum atomic E-state index is 6.03. The molecule has 1 rings (SSSR count). The molecule has 0 bridgehead atoms. The topological polar surface area (TPSA) is 21.3 Å². The normalized spacial score (nSPS) is 12.6. The minimum Gasteiger partial charge on any atom is -0.492 e. The number of ether oxygens (including phenoxy) is 1. The Morgan fingerprint density at radius 1 is 1.29 bits per heavy atom. The Morgan fingerprint density at radius 3 is 2.53 bits per heavy atom. The van der Waals surface area contributed by atoms with Crippen LogP contribution in [0, 0.1) is 5.92 Å². The summed E-state index contributed by atoms with van der Waals surface area (Å²) >= 11 is 6.03. The van der Waals surface area contributed by atoms with Gasteiger partial charge in [0, 0.05) is 11.1 Å². The largest absolute Gasteiger partial charge is 0.492 e. The van der Waals surface area contributed by atoms with Crippen molar-refractivity contribution in [3.63, 3.8) is 0 Å². The van der Waals surface area contributed by atoms with Gasteiger partial charge in [-0.25, -0.2) is 0 Å². The first-order valence-corrected chi connectivity index (χ1v) is 6.65. The van der Waals surface area contributed by atoms with Crippen LogP contribution in [-0.4, -0.2) is 12.6 Å². The van der Waals surface area contributed by atoms with E-state index in [0.717, 1.165) is 22.9 Å². The van der Waals surface area contributed by atoms with Gasteiger partial charge in [-0.1, -0.05) is 32.4 Å². The van der Waals surface area contributed by atoms with Crippen molar-refractivity contribution < 1.29 is 4.74 Å². The zero-order chi connectivity index (χ0) is 12.8. The van der Waals surface area contributed by atoms with Crippen molar-refractivity contribution in [1.29, 1.82) is 0 Å². The van der Waals surface area contributed by atoms with E-state index in [1.807, 2.05) is 25.1 Å². The molecule has 0 aliphatic carbocycles. The average molecular weight is 256 g/mol. The van der Waals surface area contributed by atoms with Gasteiger partial charge in [-0.15, -0.1) is 0 Å². The molecular weight excluding hydrogens is 234 g/mol. The number of halogens is 1. The molecule has 17 heavy (non-hydrogen) atoms. The fourth-order valence-electron chi connectivity index (χ4n) is 1.84. The summed E-state index contributed by atoms with van der Waals surface area (Å²) in [4.78, 5) is 0. The molecule has 0 radical (unpaired) electrons. The number of benzene rings is 1. The van der Waals surface area contributed by atoms with Crippen molar-refractivity contribution in [2.75, 3.05) is 11.9 Å². The maximum absolute atomic E-state index is 6.03. The summed E-state index contributed by atoms with van der Waals surface area (Å²) < 4.78 is 5.60. The first-order valence-electron chi connectivity index (χ1n) is 6.27. The lowest BCUT2D eigenvalue weighted by Crippen LogP contribution is -2.24. The van der Waals surface area contributed by atoms with Gasteiger partial charge in [-0.05, 0) is 37.5 Å². The molecule has 0 heterocycles. The van der Waals surface area contributed by atoms with E-state index in [2.05, 4.69) is 26.1 Å². The SMILES string of the molecule is CCOc1ccc(Cl)cc1NC(CC)C(C)C. The Labute approximate surface area is 109 Å². The Kier molecular flexibility index (Phi) is 5.63. The summed E-state index contributed by atoms with van der Waals surface area (Å²) in [6, 6.07) is 6.14. The van der Waals surface area contributed by atoms with E-state index in [-0.39, 0.29) is 0 Å². The molecule has 0 saturated carbocycles. The number of rotatable bonds is 6. The first kappa shape index (κ1) is 14.2. The highest BCUT2D eigenvalue weighted by Gasteiger charge is 2.13. The second kappa shape index (κ2) is 6.75. The number of anilines is 1. The van der Waals surface area contributed by atoms with E-state index >= 15 is 0 Å². The summed E-state index contributed by atoms with van der Waals surface area (Å²) in [5.41, 5.74) is 0.986. The summed E-state index contributed by atoms with van der Waals surface area (Å²) in [6.07, 6.45) is 1.08. The molecule has 1 aromatic carbocycles. The quantitative estimate of drug-likeness (QED) is 0.803. The van der Waals surface area contributed by atoms with Crippen LogP contribution in [0.25, 0.3) is 0 Å². The second-order valence-corrected chi connectivity index (χ2v) is 4.91. The zero-order valence-electron chi connectivity index (χ0n) is 11.1. The van der Waals surface area contributed by atoms with Crippen LogP contribution in [0.4, 0.5) is 5.69 Å². The molecule has 0 fully saturated rings. The highest BCUT2D eigenvalue weighted by molar-refractivity contribution is 6.30. The van der Waals surface area contributed by atoms with E-state index in [4.69, 9.17) is 16.3 Å². The molecule has 0 amide bonds. The van der Waals surface area contributed by atoms with Crippen molar-refractivity contribution >= 4 is 17.3 Å². The first-order chi connectivity index (χ1) is 8.08. The lowest BCUT2D eigenvalue weighted by molar-refractivity contribution is 0.341. The Balaban J connectivity index is 2.90. The molecule has 1 aromatic rings. The molecule has 1 atom stereocenters. The molecule has 3 heteroatoms. The van der Waals surface area contributed by atoms with E-state index in [1.165, 1.54) is 0 Å². The minimum atomic E-state index is 0.438. The summed E-state index contributed by atoms with van der Waals surface area (Å²) in [5.74, 6) is 1.45. The Morgan fingerprint density at radius 2 is 2.00 bits per heavy atom. The van der Waals surface area contributed by atoms with Gasteiger partial charge in [0.2, 0.25) is 0 Å². The van der Waals surface area contributed by atoms with Crippen LogP contribution in [-0.2, 0) is 0 Å². The Hall–Kier alpha value is -0.890. The highest BCUT2D eigenvalue weighted by Crippen LogP contribution is 2.29. The smallest absolute Gasteiger partial charge is 0.142 e. The van der Waals surface area contributed by atoms with Crippen LogP contribution in [0.2, 0.25) is 5.02 Å². The van der Waals surface area contributed by atoms with E-state index in [9.17, 15) is 0 Å². The van der Waals surface area contributed by atoms with Gasteiger partial charge in [-0.2, -0.15) is 0 Å². The van der Waals surface area contributed by atoms with Gasteiger partial charge in [0.15, 0.2) is 0 Å². The summed E-state index contributed by atoms with van der Waals surface area (Å²) in [6.45, 7) is 9.26. The monoisotopic (exact) mass is 255 g/mol. The molecule has 0 aliphatic rings. The third-order valence-corrected chi connectivity index (χ3v) is 3.06. The van der Waals surface area contributed by atoms with Crippen LogP contribution in [0.15, 0.2) is 18.2 Å². The highest BCUT2D eigenvalue weighted by atomic mass is 35.5. The molecule has 2 nitrogen and oxygen atoms in total. The van der Waals surface area contributed by atoms with Crippen molar-refractivity contribution in [2.45, 2.75) is 40.2 Å². The van der Waals surface area contributed by atoms with Crippen molar-refractivity contribution in [3.05, 3.63) is 23.2 Å². The lowest BCUT2D eigenvalue weighted by atomic mass is 10.0. The molecule has 96 valence electrons. The van der Waals surface area contributed by atoms with Gasteiger partial charge in [0.1, 0.15) is 5.75 Å². The zero-order valence-corrected chi connectivity index (χ0v) is 11.8. The van der Waals surface area contributed by atoms with E-state index in [0.29, 0.717) is 18.6 Å². The van der Waals surface area contributed by atoms with Gasteiger partial charge in [0.25, 0.3) is 0 Å². The standard InChI is InChI=1S/C14H22ClNO/c1-5-12(10(3)4)16-13-9-11(15)7-8-14(13)17-6-2/h7-10,12,16H,5-6H2,1-4H3. The predicted molar refractivity (Wildman–Crippen MR) is 75.2 cm³/mol. The summed E-state index contributed by atoms with van der Waals surface area (Å²) in [7, 11) is 0. The molecular formula is C14H22ClNO. The van der Waals surface area contributed by atoms with E-state index < -0.39 is 0 Å². The Bertz CT molecular complexity index is 352. The third kappa shape index (κ3) is 4.12. The third-order valence-electron chi connectivity index (χ3n) is 2.83. The molecule has 0 aliphatic heterocycles. The molecule has 1 unspecified atom stereocenters. The second-order valence-electron chi connectivity index (χ2n) is 4.48. The van der Waals surface area contributed by atoms with Crippen molar-refractivity contribution in [2.24, 2.45) is 5.92 Å².